The highest BCUT2D eigenvalue weighted by Gasteiger charge is 2.63. The van der Waals surface area contributed by atoms with Gasteiger partial charge in [-0.25, -0.2) is 15.0 Å². The number of nitrogens with zero attached hydrogens (tertiary/aromatic N) is 3. The fraction of sp³-hybridized carbons (Fsp3) is 0.182. The number of rotatable bonds is 5. The van der Waals surface area contributed by atoms with Gasteiger partial charge in [-0.15, -0.1) is 11.3 Å². The predicted octanol–water partition coefficient (Wildman–Crippen LogP) is 14.3. The van der Waals surface area contributed by atoms with Crippen LogP contribution in [0.3, 0.4) is 0 Å². The Morgan fingerprint density at radius 1 is 0.373 bits per heavy atom. The van der Waals surface area contributed by atoms with Gasteiger partial charge in [0, 0.05) is 42.3 Å². The molecule has 1 spiro atoms. The summed E-state index contributed by atoms with van der Waals surface area (Å²) in [6.07, 6.45) is 6.59. The summed E-state index contributed by atoms with van der Waals surface area (Å²) in [5, 5.41) is 2.71. The van der Waals surface area contributed by atoms with E-state index in [1.165, 1.54) is 80.1 Å². The first kappa shape index (κ1) is 33.7. The molecule has 0 unspecified atom stereocenters. The minimum atomic E-state index is -0.133. The van der Waals surface area contributed by atoms with Gasteiger partial charge in [0.1, 0.15) is 0 Å². The lowest BCUT2D eigenvalue weighted by Crippen LogP contribution is -2.55. The van der Waals surface area contributed by atoms with E-state index >= 15 is 0 Å². The number of hydrogen-bond donors (Lipinski definition) is 0. The summed E-state index contributed by atoms with van der Waals surface area (Å²) in [4.78, 5) is 16.3. The molecule has 282 valence electrons. The van der Waals surface area contributed by atoms with E-state index < -0.39 is 0 Å². The highest BCUT2D eigenvalue weighted by molar-refractivity contribution is 7.26. The van der Waals surface area contributed by atoms with Gasteiger partial charge in [0.2, 0.25) is 0 Å². The van der Waals surface area contributed by atoms with E-state index in [0.717, 1.165) is 45.5 Å². The predicted molar refractivity (Wildman–Crippen MR) is 243 cm³/mol. The zero-order chi connectivity index (χ0) is 38.7. The van der Waals surface area contributed by atoms with Crippen molar-refractivity contribution in [1.82, 2.24) is 15.0 Å². The molecule has 5 aliphatic carbocycles. The zero-order valence-corrected chi connectivity index (χ0v) is 33.5. The summed E-state index contributed by atoms with van der Waals surface area (Å²) in [5.41, 5.74) is 13.9. The molecule has 0 radical (unpaired) electrons. The van der Waals surface area contributed by atoms with E-state index in [-0.39, 0.29) is 5.41 Å². The topological polar surface area (TPSA) is 38.7 Å². The Labute approximate surface area is 348 Å². The molecule has 2 heterocycles. The molecule has 14 rings (SSSR count). The van der Waals surface area contributed by atoms with E-state index in [9.17, 15) is 0 Å². The van der Waals surface area contributed by atoms with Crippen LogP contribution in [0.15, 0.2) is 164 Å². The van der Waals surface area contributed by atoms with Crippen molar-refractivity contribution < 1.29 is 0 Å². The van der Waals surface area contributed by atoms with E-state index in [0.29, 0.717) is 23.5 Å². The minimum Gasteiger partial charge on any atom is -0.208 e. The first-order valence-corrected chi connectivity index (χ1v) is 22.2. The van der Waals surface area contributed by atoms with Gasteiger partial charge in [-0.2, -0.15) is 0 Å². The van der Waals surface area contributed by atoms with Crippen molar-refractivity contribution in [3.05, 3.63) is 175 Å². The summed E-state index contributed by atoms with van der Waals surface area (Å²) in [5.74, 6) is 4.96. The first-order valence-electron chi connectivity index (χ1n) is 21.4. The van der Waals surface area contributed by atoms with E-state index in [1.807, 2.05) is 11.3 Å². The second-order valence-electron chi connectivity index (χ2n) is 17.5. The average Bonchev–Trinajstić information content (AvgIpc) is 3.83. The second-order valence-corrected chi connectivity index (χ2v) is 18.5. The van der Waals surface area contributed by atoms with Crippen molar-refractivity contribution in [2.75, 3.05) is 0 Å². The van der Waals surface area contributed by atoms with Crippen molar-refractivity contribution in [2.24, 2.45) is 23.7 Å². The van der Waals surface area contributed by atoms with Crippen LogP contribution in [0.2, 0.25) is 0 Å². The highest BCUT2D eigenvalue weighted by atomic mass is 32.1. The van der Waals surface area contributed by atoms with Crippen LogP contribution in [0.4, 0.5) is 0 Å². The van der Waals surface area contributed by atoms with Crippen molar-refractivity contribution in [1.29, 1.82) is 0 Å². The quantitative estimate of drug-likeness (QED) is 0.175. The first-order chi connectivity index (χ1) is 29.2. The molecule has 0 amide bonds. The smallest absolute Gasteiger partial charge is 0.164 e. The standard InChI is InChI=1S/C55H41N3S/c1-3-14-35(15-4-1)39-18-7-8-20-46(39)53-56-52(36-16-5-2-6-17-36)57-54(58-53)47-26-12-22-42-41-21-11-23-43(45-25-13-24-44-40-19-9-10-27-48(40)59-51(44)45)49(41)55(50(42)47)37-29-33-28-34(31-37)32-38(55)30-33/h1-27,33-34,37-38H,28-32H2. The van der Waals surface area contributed by atoms with Gasteiger partial charge in [0.25, 0.3) is 0 Å². The molecule has 0 aliphatic heterocycles. The molecular weight excluding hydrogens is 735 g/mol. The van der Waals surface area contributed by atoms with E-state index in [4.69, 9.17) is 15.0 Å². The third kappa shape index (κ3) is 4.90. The maximum Gasteiger partial charge on any atom is 0.164 e. The monoisotopic (exact) mass is 775 g/mol. The van der Waals surface area contributed by atoms with Crippen molar-refractivity contribution in [2.45, 2.75) is 37.5 Å². The zero-order valence-electron chi connectivity index (χ0n) is 32.7. The Morgan fingerprint density at radius 2 is 0.847 bits per heavy atom. The van der Waals surface area contributed by atoms with Gasteiger partial charge in [0.15, 0.2) is 17.5 Å². The highest BCUT2D eigenvalue weighted by Crippen LogP contribution is 2.71. The van der Waals surface area contributed by atoms with Crippen LogP contribution in [-0.2, 0) is 5.41 Å². The minimum absolute atomic E-state index is 0.133. The van der Waals surface area contributed by atoms with E-state index in [1.54, 1.807) is 5.56 Å². The van der Waals surface area contributed by atoms with Crippen molar-refractivity contribution in [3.63, 3.8) is 0 Å². The molecule has 0 atom stereocenters. The van der Waals surface area contributed by atoms with Crippen LogP contribution in [0.25, 0.3) is 87.7 Å². The van der Waals surface area contributed by atoms with Gasteiger partial charge in [-0.1, -0.05) is 158 Å². The number of fused-ring (bicyclic) bond motifs is 6. The third-order valence-corrected chi connectivity index (χ3v) is 15.7. The third-order valence-electron chi connectivity index (χ3n) is 14.5. The number of aromatic nitrogens is 3. The second kappa shape index (κ2) is 12.9. The fourth-order valence-electron chi connectivity index (χ4n) is 12.6. The van der Waals surface area contributed by atoms with Gasteiger partial charge >= 0.3 is 0 Å². The number of thiophene rings is 1. The summed E-state index contributed by atoms with van der Waals surface area (Å²) >= 11 is 1.95. The van der Waals surface area contributed by atoms with Crippen LogP contribution in [0.5, 0.6) is 0 Å². The van der Waals surface area contributed by atoms with Gasteiger partial charge in [-0.05, 0) is 106 Å². The summed E-state index contributed by atoms with van der Waals surface area (Å²) < 4.78 is 2.75. The molecule has 0 N–H and O–H groups in total. The maximum absolute atomic E-state index is 5.55. The molecule has 4 fully saturated rings. The Balaban J connectivity index is 1.09. The molecule has 4 saturated carbocycles. The fourth-order valence-corrected chi connectivity index (χ4v) is 13.8. The van der Waals surface area contributed by atoms with Crippen LogP contribution in [-0.4, -0.2) is 15.0 Å². The SMILES string of the molecule is c1ccc(-c2nc(-c3ccccc3-c3ccccc3)nc(-c3cccc4c3C3(c5c-4cccc5-c4cccc5c4sc4ccccc45)C4CC5CC(C4)CC3C5)n2)cc1. The Hall–Kier alpha value is -6.23. The molecule has 7 aromatic carbocycles. The van der Waals surface area contributed by atoms with Crippen molar-refractivity contribution in [3.8, 4) is 67.5 Å². The summed E-state index contributed by atoms with van der Waals surface area (Å²) in [6.45, 7) is 0. The maximum atomic E-state index is 5.55. The summed E-state index contributed by atoms with van der Waals surface area (Å²) in [6, 6.07) is 59.8. The van der Waals surface area contributed by atoms with E-state index in [2.05, 4.69) is 164 Å². The Morgan fingerprint density at radius 3 is 1.56 bits per heavy atom. The average molecular weight is 776 g/mol. The summed E-state index contributed by atoms with van der Waals surface area (Å²) in [7, 11) is 0. The molecule has 9 aromatic rings. The molecule has 2 aromatic heterocycles. The molecule has 0 saturated heterocycles. The van der Waals surface area contributed by atoms with Crippen LogP contribution in [0, 0.1) is 23.7 Å². The van der Waals surface area contributed by atoms with Gasteiger partial charge in [-0.3, -0.25) is 0 Å². The lowest BCUT2D eigenvalue weighted by Gasteiger charge is -2.61. The normalized spacial score (nSPS) is 22.3. The van der Waals surface area contributed by atoms with Gasteiger partial charge in [0.05, 0.1) is 0 Å². The molecule has 59 heavy (non-hydrogen) atoms. The Bertz CT molecular complexity index is 3100. The largest absolute Gasteiger partial charge is 0.208 e. The van der Waals surface area contributed by atoms with Crippen LogP contribution in [0.1, 0.15) is 43.2 Å². The van der Waals surface area contributed by atoms with Gasteiger partial charge < -0.3 is 0 Å². The lowest BCUT2D eigenvalue weighted by atomic mass is 9.42. The molecular formula is C55H41N3S. The van der Waals surface area contributed by atoms with Crippen LogP contribution >= 0.6 is 11.3 Å². The lowest BCUT2D eigenvalue weighted by molar-refractivity contribution is -0.0395. The van der Waals surface area contributed by atoms with Crippen molar-refractivity contribution >= 4 is 31.5 Å². The number of benzene rings is 7. The molecule has 3 nitrogen and oxygen atoms in total. The molecule has 4 heteroatoms. The molecule has 4 bridgehead atoms. The Kier molecular flexibility index (Phi) is 7.36. The van der Waals surface area contributed by atoms with Crippen LogP contribution < -0.4 is 0 Å². The number of hydrogen-bond acceptors (Lipinski definition) is 4. The molecule has 5 aliphatic rings.